The van der Waals surface area contributed by atoms with E-state index in [0.717, 1.165) is 12.1 Å². The van der Waals surface area contributed by atoms with E-state index in [0.29, 0.717) is 11.1 Å². The highest BCUT2D eigenvalue weighted by atomic mass is 19.4. The molecule has 9 nitrogen and oxygen atoms in total. The van der Waals surface area contributed by atoms with E-state index in [1.165, 1.54) is 34.1 Å². The third-order valence-corrected chi connectivity index (χ3v) is 6.68. The van der Waals surface area contributed by atoms with Gasteiger partial charge in [-0.05, 0) is 45.4 Å². The van der Waals surface area contributed by atoms with Gasteiger partial charge in [-0.2, -0.15) is 18.3 Å². The van der Waals surface area contributed by atoms with Crippen molar-refractivity contribution in [3.05, 3.63) is 53.3 Å². The maximum absolute atomic E-state index is 13.3. The van der Waals surface area contributed by atoms with Crippen molar-refractivity contribution in [1.82, 2.24) is 19.6 Å². The second-order valence-corrected chi connectivity index (χ2v) is 10.8. The average molecular weight is 537 g/mol. The molecule has 2 aromatic rings. The van der Waals surface area contributed by atoms with Gasteiger partial charge in [0.2, 0.25) is 0 Å². The van der Waals surface area contributed by atoms with Gasteiger partial charge in [-0.1, -0.05) is 12.1 Å². The first kappa shape index (κ1) is 27.5. The molecule has 1 unspecified atom stereocenters. The lowest BCUT2D eigenvalue weighted by Gasteiger charge is -2.49. The first-order valence-electron chi connectivity index (χ1n) is 12.3. The van der Waals surface area contributed by atoms with Crippen LogP contribution in [-0.4, -0.2) is 75.9 Å². The Morgan fingerprint density at radius 3 is 2.26 bits per heavy atom. The van der Waals surface area contributed by atoms with E-state index < -0.39 is 40.7 Å². The number of likely N-dealkylation sites (tertiary alicyclic amines) is 2. The third-order valence-electron chi connectivity index (χ3n) is 6.68. The lowest BCUT2D eigenvalue weighted by atomic mass is 9.71. The molecule has 1 spiro atoms. The van der Waals surface area contributed by atoms with Gasteiger partial charge >= 0.3 is 18.2 Å². The van der Waals surface area contributed by atoms with Crippen molar-refractivity contribution in [1.29, 1.82) is 0 Å². The van der Waals surface area contributed by atoms with Crippen LogP contribution in [0.3, 0.4) is 0 Å². The molecule has 2 amide bonds. The molecule has 1 aromatic carbocycles. The zero-order chi connectivity index (χ0) is 27.9. The Balaban J connectivity index is 1.44. The minimum atomic E-state index is -4.41. The maximum Gasteiger partial charge on any atom is 0.416 e. The molecule has 1 aromatic heterocycles. The van der Waals surface area contributed by atoms with Gasteiger partial charge in [0.1, 0.15) is 5.60 Å². The molecule has 1 atom stereocenters. The van der Waals surface area contributed by atoms with Crippen molar-refractivity contribution in [3.8, 4) is 0 Å². The molecule has 0 radical (unpaired) electrons. The predicted octanol–water partition coefficient (Wildman–Crippen LogP) is 3.82. The number of carbonyl (C=O) groups is 3. The van der Waals surface area contributed by atoms with Crippen LogP contribution < -0.4 is 0 Å². The zero-order valence-corrected chi connectivity index (χ0v) is 21.7. The lowest BCUT2D eigenvalue weighted by molar-refractivity contribution is -0.155. The van der Waals surface area contributed by atoms with Crippen molar-refractivity contribution in [2.45, 2.75) is 46.0 Å². The van der Waals surface area contributed by atoms with Crippen LogP contribution in [0, 0.1) is 11.3 Å². The topological polar surface area (TPSA) is 94.0 Å². The number of hydrogen-bond acceptors (Lipinski definition) is 6. The number of nitrogens with zero attached hydrogens (tertiary/aromatic N) is 4. The summed E-state index contributed by atoms with van der Waals surface area (Å²) in [6.07, 6.45) is -1.97. The SMILES string of the molecule is CCOC(=O)C1CN(C(=O)c2cnn(Cc3ccc(C(F)(F)F)cc3)c2)CC12CN(C(=O)OC(C)(C)C)C2. The van der Waals surface area contributed by atoms with Gasteiger partial charge in [0, 0.05) is 37.8 Å². The Hall–Kier alpha value is -3.57. The number of esters is 1. The number of rotatable bonds is 5. The van der Waals surface area contributed by atoms with E-state index in [2.05, 4.69) is 5.10 Å². The molecule has 38 heavy (non-hydrogen) atoms. The third kappa shape index (κ3) is 5.78. The molecule has 0 N–H and O–H groups in total. The highest BCUT2D eigenvalue weighted by molar-refractivity contribution is 5.94. The molecule has 0 saturated carbocycles. The van der Waals surface area contributed by atoms with E-state index in [4.69, 9.17) is 9.47 Å². The summed E-state index contributed by atoms with van der Waals surface area (Å²) in [5.74, 6) is -1.33. The number of halogens is 3. The second kappa shape index (κ2) is 9.95. The molecule has 2 saturated heterocycles. The summed E-state index contributed by atoms with van der Waals surface area (Å²) in [6, 6.07) is 4.74. The number of alkyl halides is 3. The van der Waals surface area contributed by atoms with Crippen LogP contribution in [0.1, 0.15) is 49.2 Å². The smallest absolute Gasteiger partial charge is 0.416 e. The maximum atomic E-state index is 13.3. The number of amides is 2. The minimum absolute atomic E-state index is 0.143. The summed E-state index contributed by atoms with van der Waals surface area (Å²) in [5, 5.41) is 4.18. The molecular weight excluding hydrogens is 505 g/mol. The quantitative estimate of drug-likeness (QED) is 0.540. The molecule has 3 heterocycles. The summed E-state index contributed by atoms with van der Waals surface area (Å²) in [5.41, 5.74) is -1.13. The fourth-order valence-corrected chi connectivity index (χ4v) is 4.91. The minimum Gasteiger partial charge on any atom is -0.466 e. The van der Waals surface area contributed by atoms with E-state index >= 15 is 0 Å². The van der Waals surface area contributed by atoms with Crippen LogP contribution in [0.4, 0.5) is 18.0 Å². The predicted molar refractivity (Wildman–Crippen MR) is 129 cm³/mol. The first-order chi connectivity index (χ1) is 17.7. The van der Waals surface area contributed by atoms with Gasteiger partial charge < -0.3 is 19.3 Å². The van der Waals surface area contributed by atoms with Crippen LogP contribution in [-0.2, 0) is 27.0 Å². The van der Waals surface area contributed by atoms with E-state index in [1.54, 1.807) is 32.6 Å². The van der Waals surface area contributed by atoms with Gasteiger partial charge in [0.25, 0.3) is 5.91 Å². The van der Waals surface area contributed by atoms with Crippen molar-refractivity contribution in [3.63, 3.8) is 0 Å². The largest absolute Gasteiger partial charge is 0.466 e. The summed E-state index contributed by atoms with van der Waals surface area (Å²) in [6.45, 7) is 8.35. The van der Waals surface area contributed by atoms with Gasteiger partial charge in [-0.3, -0.25) is 14.3 Å². The Kier molecular flexibility index (Phi) is 7.19. The summed E-state index contributed by atoms with van der Waals surface area (Å²) >= 11 is 0. The monoisotopic (exact) mass is 536 g/mol. The fourth-order valence-electron chi connectivity index (χ4n) is 4.91. The summed E-state index contributed by atoms with van der Waals surface area (Å²) < 4.78 is 50.6. The van der Waals surface area contributed by atoms with Crippen molar-refractivity contribution in [2.24, 2.45) is 11.3 Å². The number of hydrogen-bond donors (Lipinski definition) is 0. The van der Waals surface area contributed by atoms with Gasteiger partial charge in [0.05, 0.1) is 36.4 Å². The molecule has 0 bridgehead atoms. The van der Waals surface area contributed by atoms with Crippen LogP contribution in [0.5, 0.6) is 0 Å². The van der Waals surface area contributed by atoms with Crippen LogP contribution in [0.25, 0.3) is 0 Å². The molecule has 2 fully saturated rings. The molecule has 0 aliphatic carbocycles. The highest BCUT2D eigenvalue weighted by Gasteiger charge is 2.60. The Bertz CT molecular complexity index is 1200. The van der Waals surface area contributed by atoms with Crippen LogP contribution in [0.15, 0.2) is 36.7 Å². The summed E-state index contributed by atoms with van der Waals surface area (Å²) in [7, 11) is 0. The first-order valence-corrected chi connectivity index (χ1v) is 12.3. The average Bonchev–Trinajstić information content (AvgIpc) is 3.42. The number of carbonyl (C=O) groups excluding carboxylic acids is 3. The van der Waals surface area contributed by atoms with E-state index in [-0.39, 0.29) is 45.2 Å². The molecular formula is C26H31F3N4O5. The standard InChI is InChI=1S/C26H31F3N4O5/c1-5-37-22(35)20-13-31(14-25(20)15-32(16-25)23(36)38-24(2,3)4)21(34)18-10-30-33(12-18)11-17-6-8-19(9-7-17)26(27,28)29/h6-10,12,20H,5,11,13-16H2,1-4H3. The van der Waals surface area contributed by atoms with Gasteiger partial charge in [0.15, 0.2) is 0 Å². The number of aromatic nitrogens is 2. The van der Waals surface area contributed by atoms with Crippen molar-refractivity contribution < 1.29 is 37.0 Å². The molecule has 2 aliphatic heterocycles. The Morgan fingerprint density at radius 2 is 1.68 bits per heavy atom. The molecule has 12 heteroatoms. The van der Waals surface area contributed by atoms with Gasteiger partial charge in [-0.15, -0.1) is 0 Å². The zero-order valence-electron chi connectivity index (χ0n) is 21.7. The Morgan fingerprint density at radius 1 is 1.05 bits per heavy atom. The van der Waals surface area contributed by atoms with Gasteiger partial charge in [-0.25, -0.2) is 4.79 Å². The molecule has 206 valence electrons. The fraction of sp³-hybridized carbons (Fsp3) is 0.538. The van der Waals surface area contributed by atoms with Crippen molar-refractivity contribution >= 4 is 18.0 Å². The number of ether oxygens (including phenoxy) is 2. The van der Waals surface area contributed by atoms with Crippen LogP contribution in [0.2, 0.25) is 0 Å². The van der Waals surface area contributed by atoms with Crippen LogP contribution >= 0.6 is 0 Å². The normalized spacial score (nSPS) is 18.9. The Labute approximate surface area is 218 Å². The highest BCUT2D eigenvalue weighted by Crippen LogP contribution is 2.45. The lowest BCUT2D eigenvalue weighted by Crippen LogP contribution is -2.64. The summed E-state index contributed by atoms with van der Waals surface area (Å²) in [4.78, 5) is 41.7. The van der Waals surface area contributed by atoms with E-state index in [1.807, 2.05) is 0 Å². The molecule has 2 aliphatic rings. The molecule has 4 rings (SSSR count). The number of benzene rings is 1. The second-order valence-electron chi connectivity index (χ2n) is 10.8. The van der Waals surface area contributed by atoms with Crippen molar-refractivity contribution in [2.75, 3.05) is 32.8 Å². The van der Waals surface area contributed by atoms with E-state index in [9.17, 15) is 27.6 Å².